The van der Waals surface area contributed by atoms with Crippen molar-refractivity contribution in [1.29, 1.82) is 0 Å². The minimum absolute atomic E-state index is 0.185. The molecule has 154 valence electrons. The summed E-state index contributed by atoms with van der Waals surface area (Å²) in [6, 6.07) is 5.07. The molecule has 1 aromatic rings. The summed E-state index contributed by atoms with van der Waals surface area (Å²) in [7, 11) is 1.26. The fraction of sp³-hybridized carbons (Fsp3) is 0.368. The molecule has 2 fully saturated rings. The van der Waals surface area contributed by atoms with Crippen molar-refractivity contribution in [2.24, 2.45) is 0 Å². The highest BCUT2D eigenvalue weighted by atomic mass is 79.9. The summed E-state index contributed by atoms with van der Waals surface area (Å²) >= 11 is 4.12. The second kappa shape index (κ2) is 9.45. The predicted octanol–water partition coefficient (Wildman–Crippen LogP) is 2.66. The zero-order chi connectivity index (χ0) is 21.0. The minimum Gasteiger partial charge on any atom is -0.481 e. The van der Waals surface area contributed by atoms with E-state index in [-0.39, 0.29) is 24.0 Å². The lowest BCUT2D eigenvalue weighted by Crippen LogP contribution is -2.40. The van der Waals surface area contributed by atoms with E-state index in [0.717, 1.165) is 34.0 Å². The summed E-state index contributed by atoms with van der Waals surface area (Å²) in [4.78, 5) is 51.5. The van der Waals surface area contributed by atoms with Crippen molar-refractivity contribution >= 4 is 56.8 Å². The summed E-state index contributed by atoms with van der Waals surface area (Å²) < 4.78 is 10.7. The first-order chi connectivity index (χ1) is 13.9. The van der Waals surface area contributed by atoms with Gasteiger partial charge in [-0.3, -0.25) is 19.3 Å². The third-order valence-corrected chi connectivity index (χ3v) is 5.86. The number of imide groups is 1. The van der Waals surface area contributed by atoms with Gasteiger partial charge in [0.15, 0.2) is 6.61 Å². The molecule has 0 aliphatic carbocycles. The molecule has 0 atom stereocenters. The SMILES string of the molecule is COC(=O)COc1ccc(Br)cc1/C=C1\SC(=O)N(CC(=O)N2CCCC2)C1=O. The van der Waals surface area contributed by atoms with Crippen LogP contribution in [0.15, 0.2) is 27.6 Å². The number of halogens is 1. The van der Waals surface area contributed by atoms with Crippen LogP contribution in [0.3, 0.4) is 0 Å². The molecule has 0 unspecified atom stereocenters. The van der Waals surface area contributed by atoms with Crippen LogP contribution in [0, 0.1) is 0 Å². The molecule has 0 bridgehead atoms. The quantitative estimate of drug-likeness (QED) is 0.454. The number of hydrogen-bond donors (Lipinski definition) is 0. The Bertz CT molecular complexity index is 881. The molecule has 3 rings (SSSR count). The average molecular weight is 483 g/mol. The molecule has 2 heterocycles. The lowest BCUT2D eigenvalue weighted by Gasteiger charge is -2.18. The van der Waals surface area contributed by atoms with Crippen molar-refractivity contribution in [1.82, 2.24) is 9.80 Å². The van der Waals surface area contributed by atoms with Gasteiger partial charge >= 0.3 is 5.97 Å². The molecule has 10 heteroatoms. The van der Waals surface area contributed by atoms with E-state index in [4.69, 9.17) is 4.74 Å². The zero-order valence-corrected chi connectivity index (χ0v) is 18.1. The van der Waals surface area contributed by atoms with E-state index in [1.54, 1.807) is 23.1 Å². The lowest BCUT2D eigenvalue weighted by atomic mass is 10.2. The highest BCUT2D eigenvalue weighted by Crippen LogP contribution is 2.35. The minimum atomic E-state index is -0.542. The zero-order valence-electron chi connectivity index (χ0n) is 15.7. The maximum Gasteiger partial charge on any atom is 0.343 e. The van der Waals surface area contributed by atoms with Crippen LogP contribution >= 0.6 is 27.7 Å². The fourth-order valence-electron chi connectivity index (χ4n) is 2.94. The number of thioether (sulfide) groups is 1. The molecule has 29 heavy (non-hydrogen) atoms. The standard InChI is InChI=1S/C19H19BrN2O6S/c1-27-17(24)11-28-14-5-4-13(20)8-12(14)9-15-18(25)22(19(26)29-15)10-16(23)21-6-2-3-7-21/h4-5,8-9H,2-3,6-7,10-11H2,1H3/b15-9-. The van der Waals surface area contributed by atoms with Crippen LogP contribution in [0.25, 0.3) is 6.08 Å². The number of esters is 1. The Morgan fingerprint density at radius 3 is 2.66 bits per heavy atom. The molecule has 0 N–H and O–H groups in total. The Hall–Kier alpha value is -2.33. The van der Waals surface area contributed by atoms with Crippen LogP contribution in [0.4, 0.5) is 4.79 Å². The highest BCUT2D eigenvalue weighted by molar-refractivity contribution is 9.10. The Labute approximate surface area is 180 Å². The predicted molar refractivity (Wildman–Crippen MR) is 110 cm³/mol. The Morgan fingerprint density at radius 2 is 1.97 bits per heavy atom. The van der Waals surface area contributed by atoms with Gasteiger partial charge in [0.05, 0.1) is 12.0 Å². The summed E-state index contributed by atoms with van der Waals surface area (Å²) in [5.41, 5.74) is 0.514. The first kappa shape index (κ1) is 21.4. The molecule has 8 nitrogen and oxygen atoms in total. The van der Waals surface area contributed by atoms with Crippen molar-refractivity contribution in [3.8, 4) is 5.75 Å². The van der Waals surface area contributed by atoms with Crippen LogP contribution in [-0.4, -0.2) is 66.2 Å². The van der Waals surface area contributed by atoms with E-state index in [9.17, 15) is 19.2 Å². The number of carbonyl (C=O) groups excluding carboxylic acids is 4. The summed E-state index contributed by atoms with van der Waals surface area (Å²) in [5.74, 6) is -0.930. The number of amides is 3. The molecule has 2 saturated heterocycles. The number of carbonyl (C=O) groups is 4. The van der Waals surface area contributed by atoms with Gasteiger partial charge in [0.25, 0.3) is 11.1 Å². The van der Waals surface area contributed by atoms with E-state index in [1.165, 1.54) is 13.2 Å². The number of methoxy groups -OCH3 is 1. The van der Waals surface area contributed by atoms with Crippen LogP contribution < -0.4 is 4.74 Å². The van der Waals surface area contributed by atoms with Gasteiger partial charge in [-0.15, -0.1) is 0 Å². The molecule has 0 saturated carbocycles. The van der Waals surface area contributed by atoms with Crippen LogP contribution in [0.1, 0.15) is 18.4 Å². The number of likely N-dealkylation sites (tertiary alicyclic amines) is 1. The molecular formula is C19H19BrN2O6S. The molecule has 0 spiro atoms. The van der Waals surface area contributed by atoms with E-state index in [2.05, 4.69) is 20.7 Å². The van der Waals surface area contributed by atoms with Crippen LogP contribution in [0.5, 0.6) is 5.75 Å². The normalized spacial score (nSPS) is 17.9. The second-order valence-corrected chi connectivity index (χ2v) is 8.31. The molecule has 0 aromatic heterocycles. The van der Waals surface area contributed by atoms with Gasteiger partial charge in [-0.25, -0.2) is 4.79 Å². The maximum absolute atomic E-state index is 12.7. The van der Waals surface area contributed by atoms with Gasteiger partial charge in [-0.2, -0.15) is 0 Å². The molecule has 2 aliphatic rings. The third-order valence-electron chi connectivity index (χ3n) is 4.46. The smallest absolute Gasteiger partial charge is 0.343 e. The van der Waals surface area contributed by atoms with E-state index in [1.807, 2.05) is 0 Å². The summed E-state index contributed by atoms with van der Waals surface area (Å²) in [6.45, 7) is 0.768. The molecular weight excluding hydrogens is 464 g/mol. The van der Waals surface area contributed by atoms with Gasteiger partial charge in [-0.05, 0) is 48.9 Å². The number of benzene rings is 1. The third kappa shape index (κ3) is 5.18. The number of rotatable bonds is 6. The molecule has 1 aromatic carbocycles. The van der Waals surface area contributed by atoms with Gasteiger partial charge in [0.2, 0.25) is 5.91 Å². The topological polar surface area (TPSA) is 93.2 Å². The van der Waals surface area contributed by atoms with Gasteiger partial charge < -0.3 is 14.4 Å². The monoisotopic (exact) mass is 482 g/mol. The van der Waals surface area contributed by atoms with E-state index < -0.39 is 17.1 Å². The second-order valence-electron chi connectivity index (χ2n) is 6.40. The number of nitrogens with zero attached hydrogens (tertiary/aromatic N) is 2. The number of hydrogen-bond acceptors (Lipinski definition) is 7. The van der Waals surface area contributed by atoms with E-state index in [0.29, 0.717) is 24.4 Å². The van der Waals surface area contributed by atoms with Gasteiger partial charge in [0, 0.05) is 23.1 Å². The van der Waals surface area contributed by atoms with Crippen molar-refractivity contribution in [3.05, 3.63) is 33.1 Å². The first-order valence-electron chi connectivity index (χ1n) is 8.91. The Morgan fingerprint density at radius 1 is 1.24 bits per heavy atom. The van der Waals surface area contributed by atoms with Gasteiger partial charge in [0.1, 0.15) is 12.3 Å². The maximum atomic E-state index is 12.7. The van der Waals surface area contributed by atoms with Crippen molar-refractivity contribution < 1.29 is 28.7 Å². The molecule has 2 aliphatic heterocycles. The summed E-state index contributed by atoms with van der Waals surface area (Å²) in [6.07, 6.45) is 3.39. The highest BCUT2D eigenvalue weighted by Gasteiger charge is 2.37. The molecule has 3 amide bonds. The van der Waals surface area contributed by atoms with Gasteiger partial charge in [-0.1, -0.05) is 15.9 Å². The molecule has 0 radical (unpaired) electrons. The number of ether oxygens (including phenoxy) is 2. The Balaban J connectivity index is 1.77. The van der Waals surface area contributed by atoms with Crippen molar-refractivity contribution in [2.75, 3.05) is 33.4 Å². The van der Waals surface area contributed by atoms with Crippen LogP contribution in [0.2, 0.25) is 0 Å². The fourth-order valence-corrected chi connectivity index (χ4v) is 4.15. The lowest BCUT2D eigenvalue weighted by molar-refractivity contribution is -0.143. The Kier molecular flexibility index (Phi) is 6.96. The van der Waals surface area contributed by atoms with Crippen molar-refractivity contribution in [2.45, 2.75) is 12.8 Å². The average Bonchev–Trinajstić information content (AvgIpc) is 3.32. The summed E-state index contributed by atoms with van der Waals surface area (Å²) in [5, 5.41) is -0.485. The largest absolute Gasteiger partial charge is 0.481 e. The van der Waals surface area contributed by atoms with E-state index >= 15 is 0 Å². The van der Waals surface area contributed by atoms with Crippen LogP contribution in [-0.2, 0) is 19.1 Å². The first-order valence-corrected chi connectivity index (χ1v) is 10.5. The van der Waals surface area contributed by atoms with Crippen molar-refractivity contribution in [3.63, 3.8) is 0 Å².